The number of amides is 2. The van der Waals surface area contributed by atoms with E-state index in [1.807, 2.05) is 6.92 Å². The van der Waals surface area contributed by atoms with Gasteiger partial charge in [-0.15, -0.1) is 0 Å². The molecule has 2 rings (SSSR count). The van der Waals surface area contributed by atoms with E-state index in [2.05, 4.69) is 5.32 Å². The van der Waals surface area contributed by atoms with Gasteiger partial charge in [0, 0.05) is 28.9 Å². The molecule has 2 aromatic carbocycles. The van der Waals surface area contributed by atoms with Crippen molar-refractivity contribution in [2.24, 2.45) is 11.5 Å². The molecule has 0 atom stereocenters. The van der Waals surface area contributed by atoms with Crippen LogP contribution in [0.2, 0.25) is 0 Å². The Morgan fingerprint density at radius 3 is 2.42 bits per heavy atom. The van der Waals surface area contributed by atoms with Gasteiger partial charge in [0.1, 0.15) is 11.6 Å². The molecule has 2 amide bonds. The fraction of sp³-hybridized carbons (Fsp3) is 0.167. The van der Waals surface area contributed by atoms with Gasteiger partial charge < -0.3 is 27.3 Å². The first-order chi connectivity index (χ1) is 12.3. The third-order valence-corrected chi connectivity index (χ3v) is 3.72. The summed E-state index contributed by atoms with van der Waals surface area (Å²) in [4.78, 5) is 23.3. The first kappa shape index (κ1) is 18.8. The molecule has 0 saturated carbocycles. The summed E-state index contributed by atoms with van der Waals surface area (Å²) in [6, 6.07) is 9.85. The topological polar surface area (TPSA) is 157 Å². The van der Waals surface area contributed by atoms with Crippen molar-refractivity contribution < 1.29 is 14.3 Å². The highest BCUT2D eigenvalue weighted by Gasteiger charge is 2.11. The number of nitrogens with one attached hydrogen (secondary N) is 2. The summed E-state index contributed by atoms with van der Waals surface area (Å²) in [5.41, 5.74) is 19.3. The molecule has 0 radical (unpaired) electrons. The molecule has 8 nitrogen and oxygen atoms in total. The van der Waals surface area contributed by atoms with Crippen molar-refractivity contribution in [2.45, 2.75) is 13.5 Å². The normalized spacial score (nSPS) is 10.2. The van der Waals surface area contributed by atoms with Gasteiger partial charge in [0.15, 0.2) is 6.61 Å². The molecule has 0 saturated heterocycles. The number of hydrogen-bond acceptors (Lipinski definition) is 5. The molecule has 2 aromatic rings. The van der Waals surface area contributed by atoms with Gasteiger partial charge in [-0.25, -0.2) is 0 Å². The molecule has 8 heteroatoms. The third-order valence-electron chi connectivity index (χ3n) is 3.72. The second-order valence-electron chi connectivity index (χ2n) is 5.75. The second-order valence-corrected chi connectivity index (χ2v) is 5.75. The average molecular weight is 355 g/mol. The van der Waals surface area contributed by atoms with Crippen molar-refractivity contribution in [1.29, 1.82) is 5.41 Å². The van der Waals surface area contributed by atoms with Crippen LogP contribution in [0.25, 0.3) is 0 Å². The summed E-state index contributed by atoms with van der Waals surface area (Å²) < 4.78 is 5.37. The molecular weight excluding hydrogens is 334 g/mol. The summed E-state index contributed by atoms with van der Waals surface area (Å²) in [5.74, 6) is -0.720. The molecule has 0 unspecified atom stereocenters. The minimum atomic E-state index is -0.634. The molecule has 0 aliphatic rings. The van der Waals surface area contributed by atoms with E-state index in [4.69, 9.17) is 27.3 Å². The lowest BCUT2D eigenvalue weighted by Crippen LogP contribution is -2.24. The van der Waals surface area contributed by atoms with Crippen molar-refractivity contribution in [2.75, 3.05) is 12.3 Å². The van der Waals surface area contributed by atoms with E-state index in [1.54, 1.807) is 30.3 Å². The first-order valence-electron chi connectivity index (χ1n) is 7.80. The SMILES string of the molecule is Cc1cc(C(=O)NCc2ccc(C(=N)N)cc2OCC(N)=O)ccc1N. The van der Waals surface area contributed by atoms with Gasteiger partial charge in [-0.2, -0.15) is 0 Å². The molecule has 0 aliphatic carbocycles. The van der Waals surface area contributed by atoms with Crippen LogP contribution in [0.1, 0.15) is 27.0 Å². The van der Waals surface area contributed by atoms with Gasteiger partial charge >= 0.3 is 0 Å². The Morgan fingerprint density at radius 1 is 1.12 bits per heavy atom. The average Bonchev–Trinajstić information content (AvgIpc) is 2.60. The maximum absolute atomic E-state index is 12.3. The van der Waals surface area contributed by atoms with E-state index in [9.17, 15) is 9.59 Å². The number of benzene rings is 2. The summed E-state index contributed by atoms with van der Waals surface area (Å²) in [6.07, 6.45) is 0. The minimum absolute atomic E-state index is 0.137. The molecule has 26 heavy (non-hydrogen) atoms. The smallest absolute Gasteiger partial charge is 0.255 e. The van der Waals surface area contributed by atoms with Crippen molar-refractivity contribution in [1.82, 2.24) is 5.32 Å². The zero-order valence-electron chi connectivity index (χ0n) is 14.3. The van der Waals surface area contributed by atoms with E-state index in [0.29, 0.717) is 28.1 Å². The van der Waals surface area contributed by atoms with Crippen LogP contribution in [0.3, 0.4) is 0 Å². The minimum Gasteiger partial charge on any atom is -0.483 e. The molecule has 0 heterocycles. The van der Waals surface area contributed by atoms with Crippen molar-refractivity contribution >= 4 is 23.3 Å². The van der Waals surface area contributed by atoms with E-state index in [-0.39, 0.29) is 24.9 Å². The number of primary amides is 1. The van der Waals surface area contributed by atoms with Crippen LogP contribution in [0, 0.1) is 12.3 Å². The highest BCUT2D eigenvalue weighted by atomic mass is 16.5. The Hall–Kier alpha value is -3.55. The Bertz CT molecular complexity index is 864. The van der Waals surface area contributed by atoms with Crippen LogP contribution in [-0.4, -0.2) is 24.3 Å². The molecule has 0 bridgehead atoms. The van der Waals surface area contributed by atoms with Gasteiger partial charge in [-0.1, -0.05) is 12.1 Å². The monoisotopic (exact) mass is 355 g/mol. The Morgan fingerprint density at radius 2 is 1.81 bits per heavy atom. The molecule has 136 valence electrons. The quantitative estimate of drug-likeness (QED) is 0.280. The number of hydrogen-bond donors (Lipinski definition) is 5. The molecule has 0 aromatic heterocycles. The fourth-order valence-corrected chi connectivity index (χ4v) is 2.25. The number of aryl methyl sites for hydroxylation is 1. The van der Waals surface area contributed by atoms with Gasteiger partial charge in [-0.05, 0) is 36.8 Å². The maximum atomic E-state index is 12.3. The van der Waals surface area contributed by atoms with Crippen LogP contribution in [0.4, 0.5) is 5.69 Å². The van der Waals surface area contributed by atoms with E-state index in [0.717, 1.165) is 5.56 Å². The van der Waals surface area contributed by atoms with Gasteiger partial charge in [0.05, 0.1) is 0 Å². The van der Waals surface area contributed by atoms with Crippen LogP contribution >= 0.6 is 0 Å². The summed E-state index contributed by atoms with van der Waals surface area (Å²) in [7, 11) is 0. The van der Waals surface area contributed by atoms with Crippen molar-refractivity contribution in [3.8, 4) is 5.75 Å². The van der Waals surface area contributed by atoms with Crippen LogP contribution < -0.4 is 27.3 Å². The fourth-order valence-electron chi connectivity index (χ4n) is 2.25. The number of anilines is 1. The van der Waals surface area contributed by atoms with Gasteiger partial charge in [0.2, 0.25) is 0 Å². The van der Waals surface area contributed by atoms with Crippen molar-refractivity contribution in [3.05, 3.63) is 58.7 Å². The molecule has 8 N–H and O–H groups in total. The van der Waals surface area contributed by atoms with E-state index >= 15 is 0 Å². The van der Waals surface area contributed by atoms with E-state index < -0.39 is 5.91 Å². The summed E-state index contributed by atoms with van der Waals surface area (Å²) in [5, 5.41) is 10.3. The predicted octanol–water partition coefficient (Wildman–Crippen LogP) is 0.655. The standard InChI is InChI=1S/C18H21N5O3/c1-10-6-12(4-5-14(10)19)18(25)23-8-13-3-2-11(17(21)22)7-15(13)26-9-16(20)24/h2-7H,8-9,19H2,1H3,(H2,20,24)(H3,21,22)(H,23,25). The number of amidine groups is 1. The van der Waals surface area contributed by atoms with Gasteiger partial charge in [0.25, 0.3) is 11.8 Å². The van der Waals surface area contributed by atoms with E-state index in [1.165, 1.54) is 6.07 Å². The second kappa shape index (κ2) is 8.02. The lowest BCUT2D eigenvalue weighted by Gasteiger charge is -2.13. The summed E-state index contributed by atoms with van der Waals surface area (Å²) >= 11 is 0. The van der Waals surface area contributed by atoms with Crippen LogP contribution in [0.15, 0.2) is 36.4 Å². The molecule has 0 spiro atoms. The predicted molar refractivity (Wildman–Crippen MR) is 98.9 cm³/mol. The van der Waals surface area contributed by atoms with Crippen LogP contribution in [0.5, 0.6) is 5.75 Å². The molecule has 0 fully saturated rings. The number of nitrogens with two attached hydrogens (primary N) is 3. The number of carbonyl (C=O) groups excluding carboxylic acids is 2. The molecule has 0 aliphatic heterocycles. The van der Waals surface area contributed by atoms with Crippen LogP contribution in [-0.2, 0) is 11.3 Å². The molecular formula is C18H21N5O3. The highest BCUT2D eigenvalue weighted by Crippen LogP contribution is 2.21. The number of nitrogen functional groups attached to an aromatic ring is 2. The zero-order valence-corrected chi connectivity index (χ0v) is 14.3. The largest absolute Gasteiger partial charge is 0.483 e. The number of ether oxygens (including phenoxy) is 1. The third kappa shape index (κ3) is 4.73. The lowest BCUT2D eigenvalue weighted by atomic mass is 10.1. The highest BCUT2D eigenvalue weighted by molar-refractivity contribution is 5.96. The lowest BCUT2D eigenvalue weighted by molar-refractivity contribution is -0.119. The number of carbonyl (C=O) groups is 2. The Labute approximate surface area is 150 Å². The number of rotatable bonds is 7. The summed E-state index contributed by atoms with van der Waals surface area (Å²) in [6.45, 7) is 1.66. The Balaban J connectivity index is 2.16. The first-order valence-corrected chi connectivity index (χ1v) is 7.80. The van der Waals surface area contributed by atoms with Gasteiger partial charge in [-0.3, -0.25) is 15.0 Å². The zero-order chi connectivity index (χ0) is 19.3. The van der Waals surface area contributed by atoms with Crippen molar-refractivity contribution in [3.63, 3.8) is 0 Å². The Kier molecular flexibility index (Phi) is 5.79. The maximum Gasteiger partial charge on any atom is 0.255 e.